The summed E-state index contributed by atoms with van der Waals surface area (Å²) in [6.45, 7) is 3.67. The molecule has 3 aromatic rings. The number of rotatable bonds is 7. The molecule has 1 aliphatic rings. The molecule has 0 unspecified atom stereocenters. The average Bonchev–Trinajstić information content (AvgIpc) is 3.30. The van der Waals surface area contributed by atoms with Crippen molar-refractivity contribution in [3.05, 3.63) is 76.5 Å². The van der Waals surface area contributed by atoms with Crippen LogP contribution in [0.2, 0.25) is 0 Å². The number of hydrogen-bond acceptors (Lipinski definition) is 7. The van der Waals surface area contributed by atoms with E-state index < -0.39 is 40.6 Å². The van der Waals surface area contributed by atoms with Gasteiger partial charge in [-0.05, 0) is 37.9 Å². The number of anilines is 1. The Morgan fingerprint density at radius 2 is 1.86 bits per heavy atom. The van der Waals surface area contributed by atoms with Crippen LogP contribution >= 0.6 is 0 Å². The fourth-order valence-electron chi connectivity index (χ4n) is 4.12. The molecule has 1 saturated heterocycles. The second-order valence-corrected chi connectivity index (χ2v) is 8.50. The first-order valence-electron chi connectivity index (χ1n) is 11.2. The normalized spacial score (nSPS) is 16.1. The van der Waals surface area contributed by atoms with Crippen LogP contribution in [-0.4, -0.2) is 46.8 Å². The predicted molar refractivity (Wildman–Crippen MR) is 125 cm³/mol. The van der Waals surface area contributed by atoms with E-state index in [9.17, 15) is 17.6 Å². The van der Waals surface area contributed by atoms with E-state index >= 15 is 4.39 Å². The van der Waals surface area contributed by atoms with Crippen molar-refractivity contribution < 1.29 is 26.7 Å². The largest absolute Gasteiger partial charge is 0.451 e. The van der Waals surface area contributed by atoms with Gasteiger partial charge in [0.05, 0.1) is 29.6 Å². The second-order valence-electron chi connectivity index (χ2n) is 8.50. The Bertz CT molecular complexity index is 1360. The van der Waals surface area contributed by atoms with Gasteiger partial charge in [-0.25, -0.2) is 23.1 Å². The quantitative estimate of drug-likeness (QED) is 0.214. The number of aliphatic imine (C=N–C) groups is 1. The summed E-state index contributed by atoms with van der Waals surface area (Å²) in [7, 11) is 0. The maximum atomic E-state index is 15.4. The first-order chi connectivity index (χ1) is 17.7. The van der Waals surface area contributed by atoms with Crippen LogP contribution in [0.15, 0.2) is 35.6 Å². The van der Waals surface area contributed by atoms with Crippen molar-refractivity contribution in [3.8, 4) is 17.6 Å². The van der Waals surface area contributed by atoms with Crippen LogP contribution in [0.5, 0.6) is 11.5 Å². The molecular formula is C25H21F5N6O. The van der Waals surface area contributed by atoms with Gasteiger partial charge in [0.2, 0.25) is 17.4 Å². The van der Waals surface area contributed by atoms with Gasteiger partial charge in [0, 0.05) is 30.8 Å². The van der Waals surface area contributed by atoms with Crippen LogP contribution in [0.25, 0.3) is 0 Å². The van der Waals surface area contributed by atoms with Crippen molar-refractivity contribution in [1.29, 1.82) is 5.26 Å². The van der Waals surface area contributed by atoms with Crippen molar-refractivity contribution in [3.63, 3.8) is 0 Å². The van der Waals surface area contributed by atoms with Crippen LogP contribution in [0.3, 0.4) is 0 Å². The predicted octanol–water partition coefficient (Wildman–Crippen LogP) is 4.54. The number of benzene rings is 2. The van der Waals surface area contributed by atoms with Crippen molar-refractivity contribution in [2.75, 3.05) is 31.9 Å². The molecule has 1 atom stereocenters. The van der Waals surface area contributed by atoms with Crippen LogP contribution < -0.4 is 10.5 Å². The van der Waals surface area contributed by atoms with Gasteiger partial charge >= 0.3 is 0 Å². The van der Waals surface area contributed by atoms with Crippen molar-refractivity contribution in [1.82, 2.24) is 14.9 Å². The molecule has 37 heavy (non-hydrogen) atoms. The van der Waals surface area contributed by atoms with Crippen LogP contribution in [-0.2, 0) is 0 Å². The number of nitrogens with two attached hydrogens (primary N) is 1. The lowest BCUT2D eigenvalue weighted by Gasteiger charge is -2.15. The summed E-state index contributed by atoms with van der Waals surface area (Å²) in [6, 6.07) is 5.39. The SMILES string of the molecule is Cc1ncnc(N)c1C(=NC[C@@H]1CCN(CC#N)C1)c1ccc(Oc2c(F)c(F)cc(F)c2F)cc1F. The summed E-state index contributed by atoms with van der Waals surface area (Å²) in [6.07, 6.45) is 2.06. The highest BCUT2D eigenvalue weighted by molar-refractivity contribution is 6.16. The summed E-state index contributed by atoms with van der Waals surface area (Å²) < 4.78 is 75.4. The molecule has 12 heteroatoms. The molecule has 2 N–H and O–H groups in total. The molecule has 0 radical (unpaired) electrons. The van der Waals surface area contributed by atoms with E-state index in [1.165, 1.54) is 18.5 Å². The standard InChI is InChI=1S/C25H21F5N6O/c1-13-20(25(32)35-12-34-13)23(33-10-14-4-6-36(11-14)7-5-31)16-3-2-15(8-17(16)26)37-24-21(29)18(27)9-19(28)22(24)30/h2-3,8-9,12,14H,4,6-7,10-11H2,1H3,(H2,32,34,35)/t14-/m0/s1. The number of hydrogen-bond donors (Lipinski definition) is 1. The van der Waals surface area contributed by atoms with Gasteiger partial charge in [0.1, 0.15) is 23.7 Å². The Morgan fingerprint density at radius 1 is 1.14 bits per heavy atom. The molecule has 7 nitrogen and oxygen atoms in total. The summed E-state index contributed by atoms with van der Waals surface area (Å²) in [4.78, 5) is 14.7. The fourth-order valence-corrected chi connectivity index (χ4v) is 4.12. The van der Waals surface area contributed by atoms with Gasteiger partial charge in [-0.2, -0.15) is 14.0 Å². The highest BCUT2D eigenvalue weighted by atomic mass is 19.2. The Balaban J connectivity index is 1.69. The lowest BCUT2D eigenvalue weighted by molar-refractivity contribution is 0.364. The first kappa shape index (κ1) is 26.0. The van der Waals surface area contributed by atoms with E-state index in [2.05, 4.69) is 21.0 Å². The van der Waals surface area contributed by atoms with Crippen molar-refractivity contribution in [2.24, 2.45) is 10.9 Å². The number of likely N-dealkylation sites (tertiary alicyclic amines) is 1. The fraction of sp³-hybridized carbons (Fsp3) is 0.280. The molecule has 2 heterocycles. The molecule has 1 fully saturated rings. The van der Waals surface area contributed by atoms with Gasteiger partial charge in [0.15, 0.2) is 11.6 Å². The maximum Gasteiger partial charge on any atom is 0.204 e. The summed E-state index contributed by atoms with van der Waals surface area (Å²) in [5.41, 5.74) is 6.97. The third kappa shape index (κ3) is 5.51. The topological polar surface area (TPSA) is 100 Å². The summed E-state index contributed by atoms with van der Waals surface area (Å²) in [5, 5.41) is 8.92. The number of aromatic nitrogens is 2. The van der Waals surface area contributed by atoms with Crippen LogP contribution in [0.1, 0.15) is 23.2 Å². The molecule has 1 aliphatic heterocycles. The Hall–Kier alpha value is -4.11. The molecule has 0 saturated carbocycles. The number of aryl methyl sites for hydroxylation is 1. The lowest BCUT2D eigenvalue weighted by Crippen LogP contribution is -2.22. The highest BCUT2D eigenvalue weighted by Gasteiger charge is 2.25. The monoisotopic (exact) mass is 516 g/mol. The van der Waals surface area contributed by atoms with E-state index in [-0.39, 0.29) is 29.1 Å². The second kappa shape index (κ2) is 10.9. The maximum absolute atomic E-state index is 15.4. The van der Waals surface area contributed by atoms with E-state index in [1.54, 1.807) is 6.92 Å². The summed E-state index contributed by atoms with van der Waals surface area (Å²) >= 11 is 0. The molecule has 192 valence electrons. The molecule has 2 aromatic carbocycles. The molecular weight excluding hydrogens is 495 g/mol. The number of nitriles is 1. The van der Waals surface area contributed by atoms with Gasteiger partial charge in [0.25, 0.3) is 0 Å². The van der Waals surface area contributed by atoms with Crippen molar-refractivity contribution in [2.45, 2.75) is 13.3 Å². The summed E-state index contributed by atoms with van der Waals surface area (Å²) in [5.74, 6) is -9.26. The van der Waals surface area contributed by atoms with Crippen LogP contribution in [0.4, 0.5) is 27.8 Å². The minimum absolute atomic E-state index is 0.0183. The highest BCUT2D eigenvalue weighted by Crippen LogP contribution is 2.32. The zero-order valence-electron chi connectivity index (χ0n) is 19.6. The van der Waals surface area contributed by atoms with E-state index in [1.807, 2.05) is 4.90 Å². The van der Waals surface area contributed by atoms with Gasteiger partial charge in [-0.15, -0.1) is 0 Å². The minimum Gasteiger partial charge on any atom is -0.451 e. The van der Waals surface area contributed by atoms with Crippen molar-refractivity contribution >= 4 is 11.5 Å². The molecule has 0 spiro atoms. The Labute approximate surface area is 209 Å². The number of nitrogen functional groups attached to an aromatic ring is 1. The Kier molecular flexibility index (Phi) is 7.63. The lowest BCUT2D eigenvalue weighted by atomic mass is 10.00. The zero-order chi connectivity index (χ0) is 26.7. The minimum atomic E-state index is -1.75. The van der Waals surface area contributed by atoms with Gasteiger partial charge < -0.3 is 10.5 Å². The molecule has 1 aromatic heterocycles. The smallest absolute Gasteiger partial charge is 0.204 e. The number of nitrogens with zero attached hydrogens (tertiary/aromatic N) is 5. The zero-order valence-corrected chi connectivity index (χ0v) is 19.6. The molecule has 0 bridgehead atoms. The number of ether oxygens (including phenoxy) is 1. The number of halogens is 5. The van der Waals surface area contributed by atoms with E-state index in [4.69, 9.17) is 15.7 Å². The average molecular weight is 516 g/mol. The molecule has 0 aliphatic carbocycles. The third-order valence-electron chi connectivity index (χ3n) is 5.96. The van der Waals surface area contributed by atoms with Gasteiger partial charge in [-0.1, -0.05) is 0 Å². The molecule has 0 amide bonds. The van der Waals surface area contributed by atoms with E-state index in [0.29, 0.717) is 30.9 Å². The Morgan fingerprint density at radius 3 is 2.51 bits per heavy atom. The third-order valence-corrected chi connectivity index (χ3v) is 5.96. The van der Waals surface area contributed by atoms with E-state index in [0.717, 1.165) is 19.0 Å². The first-order valence-corrected chi connectivity index (χ1v) is 11.2. The van der Waals surface area contributed by atoms with Crippen LogP contribution in [0, 0.1) is 53.3 Å². The van der Waals surface area contributed by atoms with Gasteiger partial charge in [-0.3, -0.25) is 9.89 Å². The molecule has 4 rings (SSSR count).